The second kappa shape index (κ2) is 7.24. The number of anilines is 1. The maximum Gasteiger partial charge on any atom is 0.253 e. The van der Waals surface area contributed by atoms with Gasteiger partial charge in [0.15, 0.2) is 0 Å². The minimum absolute atomic E-state index is 0.0746. The third-order valence-electron chi connectivity index (χ3n) is 5.63. The van der Waals surface area contributed by atoms with E-state index in [2.05, 4.69) is 24.3 Å². The van der Waals surface area contributed by atoms with E-state index in [0.29, 0.717) is 29.2 Å². The molecule has 2 heterocycles. The van der Waals surface area contributed by atoms with Crippen LogP contribution in [0.3, 0.4) is 0 Å². The van der Waals surface area contributed by atoms with Crippen LogP contribution < -0.4 is 10.2 Å². The van der Waals surface area contributed by atoms with Crippen LogP contribution in [0.2, 0.25) is 5.02 Å². The van der Waals surface area contributed by atoms with Crippen molar-refractivity contribution in [2.45, 2.75) is 52.5 Å². The fourth-order valence-corrected chi connectivity index (χ4v) is 4.18. The summed E-state index contributed by atoms with van der Waals surface area (Å²) >= 11 is 6.25. The van der Waals surface area contributed by atoms with Gasteiger partial charge in [0.05, 0.1) is 17.1 Å². The van der Waals surface area contributed by atoms with Gasteiger partial charge in [-0.05, 0) is 42.9 Å². The Morgan fingerprint density at radius 1 is 1.36 bits per heavy atom. The van der Waals surface area contributed by atoms with E-state index < -0.39 is 0 Å². The molecule has 2 aromatic rings. The van der Waals surface area contributed by atoms with Crippen molar-refractivity contribution < 1.29 is 14.1 Å². The molecule has 0 saturated carbocycles. The molecule has 148 valence electrons. The van der Waals surface area contributed by atoms with E-state index in [9.17, 15) is 9.59 Å². The Hall–Kier alpha value is -2.34. The predicted molar refractivity (Wildman–Crippen MR) is 107 cm³/mol. The van der Waals surface area contributed by atoms with Crippen molar-refractivity contribution in [3.05, 3.63) is 45.8 Å². The summed E-state index contributed by atoms with van der Waals surface area (Å²) in [7, 11) is 0. The normalized spacial score (nSPS) is 18.2. The molecule has 1 aromatic carbocycles. The standard InChI is InChI=1S/C21H24ClN3O3/c1-21(2)8-7-18-15(11-21)17(24-28-18)12-23-20(27)14-10-13(5-6-16(14)22)25-9-3-4-19(25)26/h5-6,10H,3-4,7-9,11-12H2,1-2H3,(H,23,27). The van der Waals surface area contributed by atoms with Gasteiger partial charge in [0.25, 0.3) is 5.91 Å². The van der Waals surface area contributed by atoms with Crippen molar-refractivity contribution in [1.82, 2.24) is 10.5 Å². The van der Waals surface area contributed by atoms with Crippen molar-refractivity contribution in [1.29, 1.82) is 0 Å². The number of carbonyl (C=O) groups is 2. The molecule has 0 spiro atoms. The van der Waals surface area contributed by atoms with Crippen molar-refractivity contribution in [2.75, 3.05) is 11.4 Å². The molecule has 28 heavy (non-hydrogen) atoms. The molecule has 1 saturated heterocycles. The quantitative estimate of drug-likeness (QED) is 0.842. The number of carbonyl (C=O) groups excluding carboxylic acids is 2. The fraction of sp³-hybridized carbons (Fsp3) is 0.476. The number of nitrogens with one attached hydrogen (secondary N) is 1. The van der Waals surface area contributed by atoms with Gasteiger partial charge >= 0.3 is 0 Å². The van der Waals surface area contributed by atoms with Crippen molar-refractivity contribution in [2.24, 2.45) is 5.41 Å². The lowest BCUT2D eigenvalue weighted by atomic mass is 9.76. The highest BCUT2D eigenvalue weighted by Gasteiger charge is 2.30. The first kappa shape index (κ1) is 19.0. The molecule has 0 bridgehead atoms. The highest BCUT2D eigenvalue weighted by molar-refractivity contribution is 6.34. The van der Waals surface area contributed by atoms with Gasteiger partial charge in [-0.15, -0.1) is 0 Å². The number of nitrogens with zero attached hydrogens (tertiary/aromatic N) is 2. The molecule has 1 aliphatic carbocycles. The fourth-order valence-electron chi connectivity index (χ4n) is 3.97. The van der Waals surface area contributed by atoms with Gasteiger partial charge in [0.2, 0.25) is 5.91 Å². The summed E-state index contributed by atoms with van der Waals surface area (Å²) in [5.74, 6) is 0.715. The molecule has 7 heteroatoms. The maximum absolute atomic E-state index is 12.7. The number of aryl methyl sites for hydroxylation is 1. The first-order chi connectivity index (χ1) is 13.3. The average Bonchev–Trinajstić information content (AvgIpc) is 3.25. The van der Waals surface area contributed by atoms with Crippen LogP contribution in [0, 0.1) is 5.41 Å². The maximum atomic E-state index is 12.7. The van der Waals surface area contributed by atoms with Gasteiger partial charge in [-0.2, -0.15) is 0 Å². The molecule has 4 rings (SSSR count). The lowest BCUT2D eigenvalue weighted by molar-refractivity contribution is -0.117. The van der Waals surface area contributed by atoms with Gasteiger partial charge in [-0.3, -0.25) is 9.59 Å². The predicted octanol–water partition coefficient (Wildman–Crippen LogP) is 3.90. The van der Waals surface area contributed by atoms with Crippen LogP contribution in [-0.2, 0) is 24.2 Å². The molecule has 6 nitrogen and oxygen atoms in total. The molecule has 1 aliphatic heterocycles. The number of rotatable bonds is 4. The summed E-state index contributed by atoms with van der Waals surface area (Å²) in [5, 5.41) is 7.42. The van der Waals surface area contributed by atoms with Gasteiger partial charge < -0.3 is 14.7 Å². The Bertz CT molecular complexity index is 935. The largest absolute Gasteiger partial charge is 0.361 e. The zero-order chi connectivity index (χ0) is 19.9. The minimum Gasteiger partial charge on any atom is -0.361 e. The summed E-state index contributed by atoms with van der Waals surface area (Å²) in [6.07, 6.45) is 4.21. The van der Waals surface area contributed by atoms with Crippen molar-refractivity contribution >= 4 is 29.1 Å². The van der Waals surface area contributed by atoms with E-state index in [0.717, 1.165) is 42.7 Å². The molecule has 0 radical (unpaired) electrons. The van der Waals surface area contributed by atoms with E-state index in [-0.39, 0.29) is 23.8 Å². The first-order valence-electron chi connectivity index (χ1n) is 9.68. The average molecular weight is 402 g/mol. The van der Waals surface area contributed by atoms with E-state index in [1.807, 2.05) is 0 Å². The molecular formula is C21H24ClN3O3. The Kier molecular flexibility index (Phi) is 4.91. The second-order valence-corrected chi connectivity index (χ2v) is 8.77. The SMILES string of the molecule is CC1(C)CCc2onc(CNC(=O)c3cc(N4CCCC4=O)ccc3Cl)c2C1. The minimum atomic E-state index is -0.287. The van der Waals surface area contributed by atoms with E-state index in [4.69, 9.17) is 16.1 Å². The zero-order valence-electron chi connectivity index (χ0n) is 16.2. The Morgan fingerprint density at radius 2 is 2.18 bits per heavy atom. The van der Waals surface area contributed by atoms with E-state index in [1.165, 1.54) is 0 Å². The van der Waals surface area contributed by atoms with Gasteiger partial charge in [-0.1, -0.05) is 30.6 Å². The third-order valence-corrected chi connectivity index (χ3v) is 5.96. The van der Waals surface area contributed by atoms with Gasteiger partial charge in [-0.25, -0.2) is 0 Å². The number of aromatic nitrogens is 1. The van der Waals surface area contributed by atoms with E-state index in [1.54, 1.807) is 23.1 Å². The highest BCUT2D eigenvalue weighted by atomic mass is 35.5. The number of benzene rings is 1. The number of fused-ring (bicyclic) bond motifs is 1. The summed E-state index contributed by atoms with van der Waals surface area (Å²) in [5.41, 5.74) is 3.16. The molecule has 0 unspecified atom stereocenters. The van der Waals surface area contributed by atoms with Gasteiger partial charge in [0.1, 0.15) is 11.5 Å². The Morgan fingerprint density at radius 3 is 2.93 bits per heavy atom. The lowest BCUT2D eigenvalue weighted by Crippen LogP contribution is -2.27. The van der Waals surface area contributed by atoms with Crippen LogP contribution in [0.15, 0.2) is 22.7 Å². The van der Waals surface area contributed by atoms with Crippen LogP contribution in [0.5, 0.6) is 0 Å². The van der Waals surface area contributed by atoms with E-state index >= 15 is 0 Å². The smallest absolute Gasteiger partial charge is 0.253 e. The summed E-state index contributed by atoms with van der Waals surface area (Å²) in [6, 6.07) is 5.12. The molecule has 2 amide bonds. The Labute approximate surface area is 169 Å². The summed E-state index contributed by atoms with van der Waals surface area (Å²) in [6.45, 7) is 5.42. The second-order valence-electron chi connectivity index (χ2n) is 8.37. The van der Waals surface area contributed by atoms with Crippen LogP contribution in [0.4, 0.5) is 5.69 Å². The monoisotopic (exact) mass is 401 g/mol. The number of amides is 2. The molecule has 1 fully saturated rings. The zero-order valence-corrected chi connectivity index (χ0v) is 16.9. The summed E-state index contributed by atoms with van der Waals surface area (Å²) in [4.78, 5) is 26.4. The molecule has 1 N–H and O–H groups in total. The highest BCUT2D eigenvalue weighted by Crippen LogP contribution is 2.36. The van der Waals surface area contributed by atoms with Crippen molar-refractivity contribution in [3.8, 4) is 0 Å². The number of hydrogen-bond donors (Lipinski definition) is 1. The van der Waals surface area contributed by atoms with Crippen LogP contribution in [0.25, 0.3) is 0 Å². The third kappa shape index (κ3) is 3.65. The van der Waals surface area contributed by atoms with Crippen molar-refractivity contribution in [3.63, 3.8) is 0 Å². The lowest BCUT2D eigenvalue weighted by Gasteiger charge is -2.28. The molecular weight excluding hydrogens is 378 g/mol. The molecule has 0 atom stereocenters. The van der Waals surface area contributed by atoms with Gasteiger partial charge in [0, 0.05) is 30.6 Å². The number of hydrogen-bond acceptors (Lipinski definition) is 4. The van der Waals surface area contributed by atoms with Crippen LogP contribution in [0.1, 0.15) is 60.5 Å². The summed E-state index contributed by atoms with van der Waals surface area (Å²) < 4.78 is 5.47. The number of halogens is 1. The topological polar surface area (TPSA) is 75.4 Å². The van der Waals surface area contributed by atoms with Crippen LogP contribution >= 0.6 is 11.6 Å². The van der Waals surface area contributed by atoms with Crippen LogP contribution in [-0.4, -0.2) is 23.5 Å². The molecule has 1 aromatic heterocycles. The molecule has 2 aliphatic rings. The Balaban J connectivity index is 1.49. The first-order valence-corrected chi connectivity index (χ1v) is 10.1.